The van der Waals surface area contributed by atoms with Crippen LogP contribution < -0.4 is 9.80 Å². The smallest absolute Gasteiger partial charge is 0.0741 e. The van der Waals surface area contributed by atoms with Crippen molar-refractivity contribution in [3.63, 3.8) is 0 Å². The van der Waals surface area contributed by atoms with Gasteiger partial charge in [-0.05, 0) is 79.5 Å². The number of hydrogen-bond donors (Lipinski definition) is 0. The number of hydrogen-bond acceptors (Lipinski definition) is 2. The van der Waals surface area contributed by atoms with Gasteiger partial charge in [0.05, 0.1) is 28.5 Å². The monoisotopic (exact) mass is 526 g/mol. The highest BCUT2D eigenvalue weighted by Gasteiger charge is 2.46. The second-order valence-electron chi connectivity index (χ2n) is 9.91. The molecule has 1 saturated heterocycles. The van der Waals surface area contributed by atoms with E-state index in [-0.39, 0.29) is 5.41 Å². The van der Waals surface area contributed by atoms with Gasteiger partial charge in [-0.2, -0.15) is 0 Å². The molecule has 2 nitrogen and oxygen atoms in total. The first-order valence-electron chi connectivity index (χ1n) is 13.7. The first-order chi connectivity index (χ1) is 19.3. The Morgan fingerprint density at radius 2 is 1.55 bits per heavy atom. The lowest BCUT2D eigenvalue weighted by molar-refractivity contribution is 0.523. The number of rotatable bonds is 9. The Morgan fingerprint density at radius 1 is 0.825 bits per heavy atom. The van der Waals surface area contributed by atoms with E-state index in [0.29, 0.717) is 0 Å². The Balaban J connectivity index is 2.60. The molecular weight excluding hydrogens is 484 g/mol. The Hall–Kier alpha value is -4.56. The van der Waals surface area contributed by atoms with Crippen molar-refractivity contribution in [2.45, 2.75) is 34.6 Å². The summed E-state index contributed by atoms with van der Waals surface area (Å²) in [5.41, 5.74) is 10.5. The van der Waals surface area contributed by atoms with Crippen molar-refractivity contribution in [2.75, 3.05) is 9.80 Å². The Morgan fingerprint density at radius 3 is 2.10 bits per heavy atom. The van der Waals surface area contributed by atoms with E-state index in [1.165, 1.54) is 11.1 Å². The fraction of sp³-hybridized carbons (Fsp3) is 0.158. The van der Waals surface area contributed by atoms with Crippen LogP contribution in [-0.2, 0) is 0 Å². The van der Waals surface area contributed by atoms with Crippen LogP contribution in [0.1, 0.15) is 40.2 Å². The molecule has 0 aliphatic carbocycles. The third kappa shape index (κ3) is 5.18. The van der Waals surface area contributed by atoms with Gasteiger partial charge in [0.25, 0.3) is 0 Å². The topological polar surface area (TPSA) is 6.48 Å². The maximum atomic E-state index is 4.31. The highest BCUT2D eigenvalue weighted by molar-refractivity contribution is 5.92. The van der Waals surface area contributed by atoms with E-state index >= 15 is 0 Å². The van der Waals surface area contributed by atoms with Gasteiger partial charge in [0, 0.05) is 11.1 Å². The molecule has 2 aliphatic rings. The standard InChI is InChI=1S/C38H42N2/c1-11-19-24-28(16-6)29-25-26-35-36(27-29)40-34(23-15-5)32(22-14-4)38(9,10)31(17-7)37(40)33(18-8)39(35)30(20-12-2)21-13-3/h11-27H,1-2,4-5,8H2,3,6-7,9-10H3/b21-13-,24-19-,28-16+,30-20+,31-17+,32-22+,34-23+. The Kier molecular flexibility index (Phi) is 9.74. The normalized spacial score (nSPS) is 20.4. The maximum Gasteiger partial charge on any atom is 0.0741 e. The van der Waals surface area contributed by atoms with Gasteiger partial charge in [-0.15, -0.1) is 0 Å². The average molecular weight is 527 g/mol. The molecule has 0 spiro atoms. The van der Waals surface area contributed by atoms with Crippen molar-refractivity contribution < 1.29 is 0 Å². The molecule has 0 atom stereocenters. The van der Waals surface area contributed by atoms with E-state index in [4.69, 9.17) is 0 Å². The largest absolute Gasteiger partial charge is 0.306 e. The van der Waals surface area contributed by atoms with Crippen molar-refractivity contribution in [2.24, 2.45) is 5.41 Å². The molecule has 1 aromatic rings. The summed E-state index contributed by atoms with van der Waals surface area (Å²) in [5.74, 6) is 0. The van der Waals surface area contributed by atoms with Crippen molar-refractivity contribution in [1.29, 1.82) is 0 Å². The molecule has 0 unspecified atom stereocenters. The number of nitrogens with zero attached hydrogens (tertiary/aromatic N) is 2. The van der Waals surface area contributed by atoms with E-state index in [2.05, 4.69) is 131 Å². The fourth-order valence-corrected chi connectivity index (χ4v) is 5.61. The molecule has 0 saturated carbocycles. The van der Waals surface area contributed by atoms with E-state index in [1.54, 1.807) is 6.08 Å². The van der Waals surface area contributed by atoms with Crippen molar-refractivity contribution in [1.82, 2.24) is 0 Å². The summed E-state index contributed by atoms with van der Waals surface area (Å²) >= 11 is 0. The molecule has 1 fully saturated rings. The molecule has 0 radical (unpaired) electrons. The molecule has 204 valence electrons. The zero-order valence-electron chi connectivity index (χ0n) is 24.7. The second-order valence-corrected chi connectivity index (χ2v) is 9.91. The SMILES string of the molecule is C=C/C=C\C(=C/C)c1ccc2c(c1)N1C(=C(C=C)N2C(/C=C\C)=C/C=C)/C(=C\C)C(C)(C)C(=C/C=C)/C1=C\C=C. The molecule has 0 aromatic heterocycles. The number of fused-ring (bicyclic) bond motifs is 3. The van der Waals surface area contributed by atoms with E-state index in [0.717, 1.165) is 45.3 Å². The van der Waals surface area contributed by atoms with Crippen molar-refractivity contribution in [3.8, 4) is 0 Å². The number of benzene rings is 1. The van der Waals surface area contributed by atoms with Crippen LogP contribution in [0.3, 0.4) is 0 Å². The molecular formula is C38H42N2. The van der Waals surface area contributed by atoms with E-state index in [1.807, 2.05) is 43.4 Å². The zero-order chi connectivity index (χ0) is 29.4. The minimum Gasteiger partial charge on any atom is -0.306 e. The molecule has 2 heteroatoms. The summed E-state index contributed by atoms with van der Waals surface area (Å²) < 4.78 is 0. The summed E-state index contributed by atoms with van der Waals surface area (Å²) in [7, 11) is 0. The summed E-state index contributed by atoms with van der Waals surface area (Å²) in [6.07, 6.45) is 28.1. The van der Waals surface area contributed by atoms with Gasteiger partial charge < -0.3 is 9.80 Å². The van der Waals surface area contributed by atoms with Crippen LogP contribution in [-0.4, -0.2) is 0 Å². The van der Waals surface area contributed by atoms with Gasteiger partial charge in [0.1, 0.15) is 0 Å². The first-order valence-corrected chi connectivity index (χ1v) is 13.7. The Bertz CT molecular complexity index is 1470. The third-order valence-electron chi connectivity index (χ3n) is 7.27. The fourth-order valence-electron chi connectivity index (χ4n) is 5.61. The quantitative estimate of drug-likeness (QED) is 0.295. The summed E-state index contributed by atoms with van der Waals surface area (Å²) in [6, 6.07) is 6.62. The summed E-state index contributed by atoms with van der Waals surface area (Å²) in [4.78, 5) is 4.64. The van der Waals surface area contributed by atoms with Crippen molar-refractivity contribution in [3.05, 3.63) is 176 Å². The van der Waals surface area contributed by atoms with Gasteiger partial charge in [0.15, 0.2) is 0 Å². The number of anilines is 2. The lowest BCUT2D eigenvalue weighted by Crippen LogP contribution is -2.44. The summed E-state index contributed by atoms with van der Waals surface area (Å²) in [5, 5.41) is 0. The summed E-state index contributed by atoms with van der Waals surface area (Å²) in [6.45, 7) is 31.0. The molecule has 40 heavy (non-hydrogen) atoms. The van der Waals surface area contributed by atoms with Gasteiger partial charge in [-0.3, -0.25) is 0 Å². The minimum atomic E-state index is -0.303. The highest BCUT2D eigenvalue weighted by atomic mass is 15.3. The molecule has 1 aromatic carbocycles. The number of allylic oxidation sites excluding steroid dienone is 17. The third-order valence-corrected chi connectivity index (χ3v) is 7.27. The predicted molar refractivity (Wildman–Crippen MR) is 179 cm³/mol. The first kappa shape index (κ1) is 30.0. The van der Waals surface area contributed by atoms with Crippen LogP contribution in [0.2, 0.25) is 0 Å². The molecule has 0 bridgehead atoms. The van der Waals surface area contributed by atoms with Crippen LogP contribution in [0, 0.1) is 5.41 Å². The van der Waals surface area contributed by atoms with Crippen LogP contribution in [0.25, 0.3) is 5.57 Å². The highest BCUT2D eigenvalue weighted by Crippen LogP contribution is 2.57. The average Bonchev–Trinajstić information content (AvgIpc) is 2.94. The maximum absolute atomic E-state index is 4.31. The predicted octanol–water partition coefficient (Wildman–Crippen LogP) is 10.7. The van der Waals surface area contributed by atoms with Gasteiger partial charge in [-0.1, -0.05) is 114 Å². The van der Waals surface area contributed by atoms with E-state index < -0.39 is 0 Å². The minimum absolute atomic E-state index is 0.303. The van der Waals surface area contributed by atoms with Crippen LogP contribution in [0.15, 0.2) is 170 Å². The van der Waals surface area contributed by atoms with Crippen molar-refractivity contribution >= 4 is 16.9 Å². The molecule has 3 rings (SSSR count). The van der Waals surface area contributed by atoms with Gasteiger partial charge >= 0.3 is 0 Å². The van der Waals surface area contributed by atoms with Crippen LogP contribution >= 0.6 is 0 Å². The number of piperidine rings is 1. The van der Waals surface area contributed by atoms with E-state index in [9.17, 15) is 0 Å². The molecule has 0 amide bonds. The van der Waals surface area contributed by atoms with Gasteiger partial charge in [0.2, 0.25) is 0 Å². The van der Waals surface area contributed by atoms with Gasteiger partial charge in [-0.25, -0.2) is 0 Å². The van der Waals surface area contributed by atoms with Crippen LogP contribution in [0.4, 0.5) is 11.4 Å². The van der Waals surface area contributed by atoms with Crippen LogP contribution in [0.5, 0.6) is 0 Å². The lowest BCUT2D eigenvalue weighted by Gasteiger charge is -2.51. The molecule has 2 aliphatic heterocycles. The Labute approximate surface area is 242 Å². The molecule has 0 N–H and O–H groups in total. The zero-order valence-corrected chi connectivity index (χ0v) is 24.7. The second kappa shape index (κ2) is 13.0. The molecule has 2 heterocycles. The lowest BCUT2D eigenvalue weighted by atomic mass is 9.69.